The van der Waals surface area contributed by atoms with Gasteiger partial charge in [-0.25, -0.2) is 8.42 Å². The van der Waals surface area contributed by atoms with Crippen molar-refractivity contribution < 1.29 is 18.3 Å². The minimum absolute atomic E-state index is 0.0918. The number of carboxylic acids is 1. The lowest BCUT2D eigenvalue weighted by molar-refractivity contribution is -0.146. The number of rotatable bonds is 5. The fourth-order valence-corrected chi connectivity index (χ4v) is 5.92. The van der Waals surface area contributed by atoms with Gasteiger partial charge in [-0.2, -0.15) is 4.31 Å². The van der Waals surface area contributed by atoms with E-state index in [1.54, 1.807) is 13.8 Å². The van der Waals surface area contributed by atoms with Crippen LogP contribution in [-0.2, 0) is 14.8 Å². The zero-order chi connectivity index (χ0) is 15.0. The third-order valence-electron chi connectivity index (χ3n) is 2.84. The first kappa shape index (κ1) is 16.6. The molecule has 0 aliphatic heterocycles. The number of likely N-dealkylation sites (N-methyl/N-ethyl adjacent to an activating group) is 1. The minimum atomic E-state index is -3.83. The van der Waals surface area contributed by atoms with Gasteiger partial charge in [-0.05, 0) is 42.8 Å². The van der Waals surface area contributed by atoms with Gasteiger partial charge in [0.15, 0.2) is 0 Å². The first-order valence-corrected chi connectivity index (χ1v) is 8.62. The van der Waals surface area contributed by atoms with Gasteiger partial charge in [-0.15, -0.1) is 11.3 Å². The highest BCUT2D eigenvalue weighted by Crippen LogP contribution is 2.33. The van der Waals surface area contributed by atoms with Crippen molar-refractivity contribution in [3.8, 4) is 0 Å². The van der Waals surface area contributed by atoms with Crippen molar-refractivity contribution in [2.24, 2.45) is 0 Å². The number of nitrogens with zero attached hydrogens (tertiary/aromatic N) is 1. The Morgan fingerprint density at radius 2 is 2.05 bits per heavy atom. The Balaban J connectivity index is 3.40. The molecular weight excluding hydrogens is 354 g/mol. The Morgan fingerprint density at radius 3 is 2.37 bits per heavy atom. The summed E-state index contributed by atoms with van der Waals surface area (Å²) < 4.78 is 26.9. The van der Waals surface area contributed by atoms with E-state index in [9.17, 15) is 18.3 Å². The number of hydrogen-bond acceptors (Lipinski definition) is 4. The Morgan fingerprint density at radius 1 is 1.53 bits per heavy atom. The van der Waals surface area contributed by atoms with E-state index < -0.39 is 21.5 Å². The van der Waals surface area contributed by atoms with Crippen molar-refractivity contribution in [3.05, 3.63) is 14.7 Å². The number of halogens is 1. The van der Waals surface area contributed by atoms with E-state index in [-0.39, 0.29) is 11.4 Å². The molecule has 1 N–H and O–H groups in total. The van der Waals surface area contributed by atoms with E-state index in [1.165, 1.54) is 31.3 Å². The molecule has 1 rings (SSSR count). The summed E-state index contributed by atoms with van der Waals surface area (Å²) in [4.78, 5) is 12.1. The third kappa shape index (κ3) is 3.01. The Bertz CT molecular complexity index is 592. The molecule has 0 unspecified atom stereocenters. The van der Waals surface area contributed by atoms with Gasteiger partial charge in [0.05, 0.1) is 8.68 Å². The van der Waals surface area contributed by atoms with Crippen LogP contribution < -0.4 is 0 Å². The fourth-order valence-electron chi connectivity index (χ4n) is 1.78. The molecule has 0 aliphatic rings. The molecule has 0 spiro atoms. The Labute approximate surface area is 125 Å². The lowest BCUT2D eigenvalue weighted by Crippen LogP contribution is -2.52. The largest absolute Gasteiger partial charge is 0.480 e. The van der Waals surface area contributed by atoms with Crippen LogP contribution in [0.25, 0.3) is 0 Å². The summed E-state index contributed by atoms with van der Waals surface area (Å²) in [5, 5.41) is 9.21. The van der Waals surface area contributed by atoms with Gasteiger partial charge >= 0.3 is 5.97 Å². The highest BCUT2D eigenvalue weighted by atomic mass is 79.9. The maximum Gasteiger partial charge on any atom is 0.324 e. The van der Waals surface area contributed by atoms with Gasteiger partial charge in [0, 0.05) is 11.4 Å². The van der Waals surface area contributed by atoms with Crippen molar-refractivity contribution in [2.45, 2.75) is 38.1 Å². The highest BCUT2D eigenvalue weighted by Gasteiger charge is 2.42. The van der Waals surface area contributed by atoms with E-state index >= 15 is 0 Å². The lowest BCUT2D eigenvalue weighted by atomic mass is 10.1. The average Bonchev–Trinajstić information content (AvgIpc) is 2.58. The third-order valence-corrected chi connectivity index (χ3v) is 6.80. The molecule has 0 bridgehead atoms. The van der Waals surface area contributed by atoms with Crippen LogP contribution >= 0.6 is 27.3 Å². The summed E-state index contributed by atoms with van der Waals surface area (Å²) in [6.45, 7) is 6.18. The van der Waals surface area contributed by atoms with Crippen LogP contribution in [0.3, 0.4) is 0 Å². The zero-order valence-electron chi connectivity index (χ0n) is 11.1. The monoisotopic (exact) mass is 369 g/mol. The topological polar surface area (TPSA) is 74.7 Å². The number of carboxylic acid groups (broad SMARTS) is 1. The zero-order valence-corrected chi connectivity index (χ0v) is 14.3. The maximum absolute atomic E-state index is 12.6. The van der Waals surface area contributed by atoms with Gasteiger partial charge < -0.3 is 5.11 Å². The fraction of sp³-hybridized carbons (Fsp3) is 0.545. The molecule has 0 aliphatic carbocycles. The van der Waals surface area contributed by atoms with Gasteiger partial charge in [-0.1, -0.05) is 6.92 Å². The number of carbonyl (C=O) groups is 1. The molecule has 0 saturated carbocycles. The van der Waals surface area contributed by atoms with Crippen molar-refractivity contribution in [1.29, 1.82) is 0 Å². The quantitative estimate of drug-likeness (QED) is 0.865. The van der Waals surface area contributed by atoms with Crippen LogP contribution in [0.5, 0.6) is 0 Å². The molecule has 0 fully saturated rings. The second kappa shape index (κ2) is 5.51. The van der Waals surface area contributed by atoms with Crippen LogP contribution in [0, 0.1) is 6.92 Å². The van der Waals surface area contributed by atoms with Crippen molar-refractivity contribution in [1.82, 2.24) is 4.31 Å². The molecule has 108 valence electrons. The summed E-state index contributed by atoms with van der Waals surface area (Å²) >= 11 is 4.55. The Kier molecular flexibility index (Phi) is 4.82. The predicted octanol–water partition coefficient (Wildman–Crippen LogP) is 2.69. The first-order valence-electron chi connectivity index (χ1n) is 5.57. The van der Waals surface area contributed by atoms with Crippen molar-refractivity contribution in [2.75, 3.05) is 6.54 Å². The summed E-state index contributed by atoms with van der Waals surface area (Å²) in [5.74, 6) is -1.18. The van der Waals surface area contributed by atoms with Gasteiger partial charge in [0.2, 0.25) is 10.0 Å². The number of aliphatic carboxylic acids is 1. The van der Waals surface area contributed by atoms with Crippen LogP contribution in [0.4, 0.5) is 0 Å². The van der Waals surface area contributed by atoms with Crippen molar-refractivity contribution >= 4 is 43.3 Å². The number of thiophene rings is 1. The first-order chi connectivity index (χ1) is 8.55. The molecule has 0 saturated heterocycles. The average molecular weight is 370 g/mol. The van der Waals surface area contributed by atoms with Crippen LogP contribution in [0.1, 0.15) is 25.6 Å². The second-order valence-electron chi connectivity index (χ2n) is 4.50. The minimum Gasteiger partial charge on any atom is -0.480 e. The van der Waals surface area contributed by atoms with Gasteiger partial charge in [0.25, 0.3) is 0 Å². The molecule has 0 radical (unpaired) electrons. The lowest BCUT2D eigenvalue weighted by Gasteiger charge is -2.32. The smallest absolute Gasteiger partial charge is 0.324 e. The molecule has 8 heteroatoms. The standard InChI is InChI=1S/C11H16BrNO4S2/c1-5-13(11(3,4)10(14)15)19(16,17)8-6-9(12)18-7(8)2/h6H,5H2,1-4H3,(H,14,15). The van der Waals surface area contributed by atoms with E-state index in [4.69, 9.17) is 0 Å². The van der Waals surface area contributed by atoms with E-state index in [0.717, 1.165) is 4.31 Å². The summed E-state index contributed by atoms with van der Waals surface area (Å²) in [6.07, 6.45) is 0. The number of aryl methyl sites for hydroxylation is 1. The number of hydrogen-bond donors (Lipinski definition) is 1. The number of sulfonamides is 1. The molecule has 0 amide bonds. The molecule has 19 heavy (non-hydrogen) atoms. The van der Waals surface area contributed by atoms with Crippen LogP contribution in [0.2, 0.25) is 0 Å². The van der Waals surface area contributed by atoms with Crippen LogP contribution in [0.15, 0.2) is 14.7 Å². The summed E-state index contributed by atoms with van der Waals surface area (Å²) in [5.41, 5.74) is -1.49. The molecule has 5 nitrogen and oxygen atoms in total. The predicted molar refractivity (Wildman–Crippen MR) is 78.0 cm³/mol. The summed E-state index contributed by atoms with van der Waals surface area (Å²) in [6, 6.07) is 1.51. The van der Waals surface area contributed by atoms with Gasteiger partial charge in [-0.3, -0.25) is 4.79 Å². The van der Waals surface area contributed by atoms with Crippen molar-refractivity contribution in [3.63, 3.8) is 0 Å². The van der Waals surface area contributed by atoms with E-state index in [0.29, 0.717) is 8.66 Å². The molecule has 1 aromatic rings. The molecule has 1 heterocycles. The van der Waals surface area contributed by atoms with Crippen LogP contribution in [-0.4, -0.2) is 35.9 Å². The van der Waals surface area contributed by atoms with E-state index in [2.05, 4.69) is 15.9 Å². The summed E-state index contributed by atoms with van der Waals surface area (Å²) in [7, 11) is -3.83. The molecule has 1 aromatic heterocycles. The molecule has 0 atom stereocenters. The maximum atomic E-state index is 12.6. The van der Waals surface area contributed by atoms with E-state index in [1.807, 2.05) is 0 Å². The Hall–Kier alpha value is -0.440. The second-order valence-corrected chi connectivity index (χ2v) is 8.97. The normalized spacial score (nSPS) is 12.9. The molecular formula is C11H16BrNO4S2. The van der Waals surface area contributed by atoms with Gasteiger partial charge in [0.1, 0.15) is 5.54 Å². The molecule has 0 aromatic carbocycles. The highest BCUT2D eigenvalue weighted by molar-refractivity contribution is 9.11. The SMILES string of the molecule is CCN(C(C)(C)C(=O)O)S(=O)(=O)c1cc(Br)sc1C.